The molecular formula is C17H24N4O2S. The van der Waals surface area contributed by atoms with Gasteiger partial charge in [-0.25, -0.2) is 4.98 Å². The Morgan fingerprint density at radius 2 is 2.12 bits per heavy atom. The van der Waals surface area contributed by atoms with Crippen LogP contribution >= 0.6 is 11.3 Å². The first-order valence-corrected chi connectivity index (χ1v) is 9.39. The Morgan fingerprint density at radius 3 is 2.83 bits per heavy atom. The lowest BCUT2D eigenvalue weighted by molar-refractivity contribution is -0.0506. The van der Waals surface area contributed by atoms with E-state index < -0.39 is 0 Å². The molecule has 0 amide bonds. The van der Waals surface area contributed by atoms with E-state index in [0.717, 1.165) is 55.8 Å². The number of hydrogen-bond acceptors (Lipinski definition) is 7. The van der Waals surface area contributed by atoms with Crippen molar-refractivity contribution in [2.45, 2.75) is 46.0 Å². The highest BCUT2D eigenvalue weighted by atomic mass is 32.1. The fourth-order valence-electron chi connectivity index (χ4n) is 3.80. The average molecular weight is 348 g/mol. The van der Waals surface area contributed by atoms with Crippen LogP contribution in [0, 0.1) is 20.8 Å². The van der Waals surface area contributed by atoms with Gasteiger partial charge in [0.2, 0.25) is 0 Å². The Hall–Kier alpha value is -1.28. The lowest BCUT2D eigenvalue weighted by atomic mass is 10.1. The zero-order chi connectivity index (χ0) is 16.7. The smallest absolute Gasteiger partial charge is 0.138 e. The topological polar surface area (TPSA) is 54.6 Å². The van der Waals surface area contributed by atoms with Gasteiger partial charge in [-0.15, -0.1) is 11.3 Å². The van der Waals surface area contributed by atoms with Crippen LogP contribution in [-0.2, 0) is 17.8 Å². The van der Waals surface area contributed by atoms with Crippen molar-refractivity contribution in [1.82, 2.24) is 19.9 Å². The number of hydrogen-bond donors (Lipinski definition) is 0. The van der Waals surface area contributed by atoms with Crippen molar-refractivity contribution in [3.05, 3.63) is 33.1 Å². The van der Waals surface area contributed by atoms with Crippen LogP contribution in [0.4, 0.5) is 0 Å². The van der Waals surface area contributed by atoms with Gasteiger partial charge in [0.05, 0.1) is 35.1 Å². The van der Waals surface area contributed by atoms with Crippen molar-refractivity contribution in [1.29, 1.82) is 0 Å². The van der Waals surface area contributed by atoms with Gasteiger partial charge >= 0.3 is 0 Å². The molecular weight excluding hydrogens is 324 g/mol. The predicted molar refractivity (Wildman–Crippen MR) is 92.0 cm³/mol. The van der Waals surface area contributed by atoms with Crippen LogP contribution in [0.5, 0.6) is 0 Å². The summed E-state index contributed by atoms with van der Waals surface area (Å²) in [7, 11) is 0. The van der Waals surface area contributed by atoms with Crippen LogP contribution in [0.3, 0.4) is 0 Å². The third-order valence-corrected chi connectivity index (χ3v) is 5.91. The molecule has 6 nitrogen and oxygen atoms in total. The van der Waals surface area contributed by atoms with E-state index in [9.17, 15) is 0 Å². The first-order chi connectivity index (χ1) is 11.6. The van der Waals surface area contributed by atoms with Crippen molar-refractivity contribution in [3.8, 4) is 0 Å². The maximum atomic E-state index is 6.04. The first-order valence-electron chi connectivity index (χ1n) is 8.51. The molecule has 2 saturated heterocycles. The minimum atomic E-state index is 0.291. The Morgan fingerprint density at radius 1 is 1.25 bits per heavy atom. The number of ether oxygens (including phenoxy) is 1. The zero-order valence-corrected chi connectivity index (χ0v) is 15.3. The van der Waals surface area contributed by atoms with Gasteiger partial charge in [-0.05, 0) is 20.8 Å². The highest BCUT2D eigenvalue weighted by molar-refractivity contribution is 7.09. The fourth-order valence-corrected chi connectivity index (χ4v) is 4.40. The largest absolute Gasteiger partial charge is 0.374 e. The molecule has 0 N–H and O–H groups in total. The molecule has 0 saturated carbocycles. The third-order valence-electron chi connectivity index (χ3n) is 5.09. The summed E-state index contributed by atoms with van der Waals surface area (Å²) in [5.74, 6) is 0.934. The minimum Gasteiger partial charge on any atom is -0.374 e. The molecule has 2 atom stereocenters. The number of aryl methyl sites for hydroxylation is 3. The lowest BCUT2D eigenvalue weighted by Crippen LogP contribution is -2.50. The second-order valence-electron chi connectivity index (χ2n) is 6.80. The Balaban J connectivity index is 1.44. The molecule has 4 rings (SSSR count). The van der Waals surface area contributed by atoms with E-state index in [2.05, 4.69) is 32.2 Å². The second-order valence-corrected chi connectivity index (χ2v) is 7.86. The maximum absolute atomic E-state index is 6.04. The van der Waals surface area contributed by atoms with Gasteiger partial charge in [-0.3, -0.25) is 9.80 Å². The zero-order valence-electron chi connectivity index (χ0n) is 14.5. The molecule has 130 valence electrons. The van der Waals surface area contributed by atoms with Crippen LogP contribution in [0.1, 0.15) is 27.7 Å². The Labute approximate surface area is 146 Å². The molecule has 7 heteroatoms. The fraction of sp³-hybridized carbons (Fsp3) is 0.647. The maximum Gasteiger partial charge on any atom is 0.138 e. The Kier molecular flexibility index (Phi) is 4.42. The van der Waals surface area contributed by atoms with Crippen LogP contribution in [-0.4, -0.2) is 58.3 Å². The van der Waals surface area contributed by atoms with E-state index in [1.54, 1.807) is 11.3 Å². The summed E-state index contributed by atoms with van der Waals surface area (Å²) in [5.41, 5.74) is 3.40. The summed E-state index contributed by atoms with van der Waals surface area (Å²) >= 11 is 1.72. The minimum absolute atomic E-state index is 0.291. The number of morpholine rings is 1. The van der Waals surface area contributed by atoms with Crippen LogP contribution in [0.2, 0.25) is 0 Å². The van der Waals surface area contributed by atoms with Gasteiger partial charge in [0.25, 0.3) is 0 Å². The summed E-state index contributed by atoms with van der Waals surface area (Å²) in [6, 6.07) is 0.437. The van der Waals surface area contributed by atoms with E-state index in [0.29, 0.717) is 12.1 Å². The molecule has 4 heterocycles. The number of likely N-dealkylation sites (tertiary alicyclic amines) is 1. The number of aromatic nitrogens is 2. The summed E-state index contributed by atoms with van der Waals surface area (Å²) in [6.07, 6.45) is 0.291. The summed E-state index contributed by atoms with van der Waals surface area (Å²) in [4.78, 5) is 9.60. The number of rotatable bonds is 4. The van der Waals surface area contributed by atoms with Crippen LogP contribution in [0.25, 0.3) is 0 Å². The second kappa shape index (κ2) is 6.55. The van der Waals surface area contributed by atoms with E-state index >= 15 is 0 Å². The molecule has 24 heavy (non-hydrogen) atoms. The lowest BCUT2D eigenvalue weighted by Gasteiger charge is -2.36. The van der Waals surface area contributed by atoms with Crippen molar-refractivity contribution in [3.63, 3.8) is 0 Å². The average Bonchev–Trinajstić information content (AvgIpc) is 3.23. The normalized spacial score (nSPS) is 25.3. The van der Waals surface area contributed by atoms with Crippen molar-refractivity contribution >= 4 is 11.3 Å². The molecule has 2 aliphatic heterocycles. The van der Waals surface area contributed by atoms with Crippen molar-refractivity contribution in [2.24, 2.45) is 0 Å². The molecule has 0 aliphatic carbocycles. The molecule has 2 aromatic rings. The monoisotopic (exact) mass is 348 g/mol. The van der Waals surface area contributed by atoms with Gasteiger partial charge < -0.3 is 9.26 Å². The SMILES string of the molecule is Cc1nc(CN2C[C@@H]3OCCN(Cc4c(C)noc4C)[C@@H]3C2)cs1. The number of nitrogens with zero attached hydrogens (tertiary/aromatic N) is 4. The molecule has 0 radical (unpaired) electrons. The van der Waals surface area contributed by atoms with E-state index in [1.807, 2.05) is 13.8 Å². The third kappa shape index (κ3) is 3.13. The number of fused-ring (bicyclic) bond motifs is 1. The molecule has 2 aromatic heterocycles. The standard InChI is InChI=1S/C17H24N4O2S/c1-11-15(12(2)23-19-11)7-21-4-5-22-17-9-20(8-16(17)21)6-14-10-24-13(3)18-14/h10,16-17H,4-9H2,1-3H3/t16-,17+/m1/s1. The predicted octanol–water partition coefficient (Wildman–Crippen LogP) is 2.14. The van der Waals surface area contributed by atoms with Gasteiger partial charge in [0.15, 0.2) is 0 Å². The summed E-state index contributed by atoms with van der Waals surface area (Å²) in [5, 5.41) is 7.39. The molecule has 0 aromatic carbocycles. The van der Waals surface area contributed by atoms with Crippen molar-refractivity contribution in [2.75, 3.05) is 26.2 Å². The highest BCUT2D eigenvalue weighted by Crippen LogP contribution is 2.27. The highest BCUT2D eigenvalue weighted by Gasteiger charge is 2.40. The quantitative estimate of drug-likeness (QED) is 0.844. The number of thiazole rings is 1. The van der Waals surface area contributed by atoms with Crippen molar-refractivity contribution < 1.29 is 9.26 Å². The van der Waals surface area contributed by atoms with Crippen LogP contribution in [0.15, 0.2) is 9.90 Å². The van der Waals surface area contributed by atoms with Gasteiger partial charge in [0.1, 0.15) is 5.76 Å². The Bertz CT molecular complexity index is 694. The molecule has 2 fully saturated rings. The molecule has 0 unspecified atom stereocenters. The van der Waals surface area contributed by atoms with E-state index in [1.165, 1.54) is 11.3 Å². The van der Waals surface area contributed by atoms with Gasteiger partial charge in [-0.1, -0.05) is 5.16 Å². The summed E-state index contributed by atoms with van der Waals surface area (Å²) < 4.78 is 11.4. The van der Waals surface area contributed by atoms with E-state index in [4.69, 9.17) is 9.26 Å². The summed E-state index contributed by atoms with van der Waals surface area (Å²) in [6.45, 7) is 11.7. The first kappa shape index (κ1) is 16.2. The molecule has 0 bridgehead atoms. The van der Waals surface area contributed by atoms with Crippen LogP contribution < -0.4 is 0 Å². The van der Waals surface area contributed by atoms with Gasteiger partial charge in [-0.2, -0.15) is 0 Å². The van der Waals surface area contributed by atoms with E-state index in [-0.39, 0.29) is 0 Å². The molecule has 0 spiro atoms. The van der Waals surface area contributed by atoms with Gasteiger partial charge in [0, 0.05) is 43.7 Å². The molecule has 2 aliphatic rings.